The van der Waals surface area contributed by atoms with Crippen molar-refractivity contribution in [3.05, 3.63) is 82.5 Å². The van der Waals surface area contributed by atoms with Crippen LogP contribution in [-0.2, 0) is 22.6 Å². The topological polar surface area (TPSA) is 123 Å². The molecule has 0 bridgehead atoms. The molecule has 1 aromatic heterocycles. The van der Waals surface area contributed by atoms with Crippen LogP contribution in [0, 0.1) is 0 Å². The highest BCUT2D eigenvalue weighted by Crippen LogP contribution is 2.26. The van der Waals surface area contributed by atoms with Crippen molar-refractivity contribution in [1.82, 2.24) is 15.2 Å². The molecule has 1 amide bonds. The van der Waals surface area contributed by atoms with Crippen LogP contribution in [0.15, 0.2) is 60.7 Å². The third-order valence-electron chi connectivity index (χ3n) is 5.67. The van der Waals surface area contributed by atoms with E-state index >= 15 is 0 Å². The predicted octanol–water partition coefficient (Wildman–Crippen LogP) is 4.10. The van der Waals surface area contributed by atoms with Crippen LogP contribution in [-0.4, -0.2) is 57.1 Å². The largest absolute Gasteiger partial charge is 0.478 e. The fourth-order valence-corrected chi connectivity index (χ4v) is 4.29. The molecule has 1 unspecified atom stereocenters. The molecule has 3 aromatic rings. The molecule has 1 saturated heterocycles. The van der Waals surface area contributed by atoms with Gasteiger partial charge in [-0.2, -0.15) is 0 Å². The molecule has 4 rings (SSSR count). The van der Waals surface area contributed by atoms with E-state index in [0.717, 1.165) is 48.9 Å². The van der Waals surface area contributed by atoms with Crippen LogP contribution in [0.25, 0.3) is 10.9 Å². The van der Waals surface area contributed by atoms with Gasteiger partial charge in [-0.25, -0.2) is 9.59 Å². The first-order valence-electron chi connectivity index (χ1n) is 11.3. The molecule has 8 nitrogen and oxygen atoms in total. The van der Waals surface area contributed by atoms with Gasteiger partial charge in [-0.1, -0.05) is 48.9 Å². The number of aliphatic carboxylic acids is 2. The lowest BCUT2D eigenvalue weighted by atomic mass is 10.1. The van der Waals surface area contributed by atoms with Gasteiger partial charge in [0.1, 0.15) is 5.69 Å². The molecule has 1 atom stereocenters. The van der Waals surface area contributed by atoms with Crippen molar-refractivity contribution in [2.45, 2.75) is 32.4 Å². The lowest BCUT2D eigenvalue weighted by molar-refractivity contribution is -0.134. The second-order valence-corrected chi connectivity index (χ2v) is 8.65. The van der Waals surface area contributed by atoms with Crippen molar-refractivity contribution in [2.75, 3.05) is 13.1 Å². The second kappa shape index (κ2) is 12.2. The number of carboxylic acids is 2. The highest BCUT2D eigenvalue weighted by molar-refractivity contribution is 6.31. The maximum atomic E-state index is 12.9. The Balaban J connectivity index is 0.000000371. The Kier molecular flexibility index (Phi) is 9.05. The summed E-state index contributed by atoms with van der Waals surface area (Å²) in [6.07, 6.45) is 2.88. The van der Waals surface area contributed by atoms with Crippen LogP contribution in [0.2, 0.25) is 5.02 Å². The smallest absolute Gasteiger partial charge is 0.328 e. The number of fused-ring (bicyclic) bond motifs is 1. The Labute approximate surface area is 208 Å². The summed E-state index contributed by atoms with van der Waals surface area (Å²) in [6, 6.07) is 16.4. The summed E-state index contributed by atoms with van der Waals surface area (Å²) in [4.78, 5) is 37.7. The van der Waals surface area contributed by atoms with Gasteiger partial charge in [0, 0.05) is 53.8 Å². The van der Waals surface area contributed by atoms with E-state index < -0.39 is 11.9 Å². The van der Waals surface area contributed by atoms with Crippen molar-refractivity contribution in [2.24, 2.45) is 0 Å². The van der Waals surface area contributed by atoms with Gasteiger partial charge in [0.2, 0.25) is 0 Å². The van der Waals surface area contributed by atoms with E-state index in [1.54, 1.807) is 0 Å². The van der Waals surface area contributed by atoms with Crippen molar-refractivity contribution < 1.29 is 24.6 Å². The Morgan fingerprint density at radius 3 is 2.43 bits per heavy atom. The van der Waals surface area contributed by atoms with Crippen LogP contribution in [0.4, 0.5) is 0 Å². The Bertz CT molecular complexity index is 1210. The predicted molar refractivity (Wildman–Crippen MR) is 135 cm³/mol. The van der Waals surface area contributed by atoms with E-state index in [1.807, 2.05) is 24.3 Å². The monoisotopic (exact) mass is 497 g/mol. The Morgan fingerprint density at radius 1 is 1.11 bits per heavy atom. The zero-order valence-corrected chi connectivity index (χ0v) is 20.1. The first kappa shape index (κ1) is 26.0. The molecule has 0 aliphatic carbocycles. The molecule has 4 N–H and O–H groups in total. The number of nitrogens with one attached hydrogen (secondary N) is 2. The molecule has 2 aromatic carbocycles. The average Bonchev–Trinajstić information content (AvgIpc) is 3.42. The molecule has 0 saturated carbocycles. The molecule has 184 valence electrons. The minimum atomic E-state index is -1.26. The number of H-pyrrole nitrogens is 1. The molecule has 1 aliphatic heterocycles. The van der Waals surface area contributed by atoms with Crippen molar-refractivity contribution in [3.63, 3.8) is 0 Å². The number of carboxylic acid groups (broad SMARTS) is 2. The van der Waals surface area contributed by atoms with Crippen LogP contribution < -0.4 is 5.32 Å². The maximum Gasteiger partial charge on any atom is 0.328 e. The number of benzene rings is 2. The molecule has 1 fully saturated rings. The average molecular weight is 498 g/mol. The van der Waals surface area contributed by atoms with E-state index in [9.17, 15) is 14.4 Å². The number of carbonyl (C=O) groups is 3. The molecule has 9 heteroatoms. The molecule has 0 radical (unpaired) electrons. The number of aryl methyl sites for hydroxylation is 1. The molecule has 0 spiro atoms. The highest BCUT2D eigenvalue weighted by atomic mass is 35.5. The second-order valence-electron chi connectivity index (χ2n) is 8.21. The van der Waals surface area contributed by atoms with Crippen LogP contribution in [0.3, 0.4) is 0 Å². The number of likely N-dealkylation sites (tertiary alicyclic amines) is 1. The van der Waals surface area contributed by atoms with Crippen LogP contribution >= 0.6 is 11.6 Å². The van der Waals surface area contributed by atoms with E-state index in [4.69, 9.17) is 21.8 Å². The summed E-state index contributed by atoms with van der Waals surface area (Å²) in [5, 5.41) is 20.6. The molecule has 35 heavy (non-hydrogen) atoms. The normalized spacial score (nSPS) is 15.7. The van der Waals surface area contributed by atoms with E-state index in [1.165, 1.54) is 5.56 Å². The number of nitrogens with zero attached hydrogens (tertiary/aromatic N) is 1. The summed E-state index contributed by atoms with van der Waals surface area (Å²) in [6.45, 7) is 4.88. The van der Waals surface area contributed by atoms with Gasteiger partial charge in [0.25, 0.3) is 5.91 Å². The summed E-state index contributed by atoms with van der Waals surface area (Å²) < 4.78 is 0. The number of hydrogen-bond donors (Lipinski definition) is 4. The number of aromatic nitrogens is 1. The van der Waals surface area contributed by atoms with E-state index in [-0.39, 0.29) is 11.9 Å². The van der Waals surface area contributed by atoms with Gasteiger partial charge in [-0.3, -0.25) is 9.69 Å². The number of hydrogen-bond acceptors (Lipinski definition) is 4. The molecular formula is C26H28ClN3O5. The standard InChI is InChI=1S/C22H24ClN3O.C4H4O4/c1-2-18-19-12-16(23)8-9-20(19)25-21(18)22(27)24-17-10-11-26(14-17)13-15-6-4-3-5-7-15;5-3(6)1-2-4(7)8/h3-9,12,17,25H,2,10-11,13-14H2,1H3,(H,24,27);1-2H,(H,5,6)(H,7,8)/b;2-1+. The first-order valence-corrected chi connectivity index (χ1v) is 11.7. The summed E-state index contributed by atoms with van der Waals surface area (Å²) in [5.74, 6) is -2.54. The number of amides is 1. The van der Waals surface area contributed by atoms with Gasteiger partial charge < -0.3 is 20.5 Å². The Hall–Kier alpha value is -3.62. The van der Waals surface area contributed by atoms with E-state index in [0.29, 0.717) is 22.9 Å². The fourth-order valence-electron chi connectivity index (χ4n) is 4.12. The van der Waals surface area contributed by atoms with Crippen molar-refractivity contribution in [3.8, 4) is 0 Å². The Morgan fingerprint density at radius 2 is 1.80 bits per heavy atom. The lowest BCUT2D eigenvalue weighted by Crippen LogP contribution is -2.37. The first-order chi connectivity index (χ1) is 16.8. The van der Waals surface area contributed by atoms with Crippen LogP contribution in [0.1, 0.15) is 35.0 Å². The van der Waals surface area contributed by atoms with Crippen LogP contribution in [0.5, 0.6) is 0 Å². The lowest BCUT2D eigenvalue weighted by Gasteiger charge is -2.17. The summed E-state index contributed by atoms with van der Waals surface area (Å²) >= 11 is 6.14. The third kappa shape index (κ3) is 7.43. The molecule has 2 heterocycles. The quantitative estimate of drug-likeness (QED) is 0.364. The number of halogens is 1. The zero-order valence-electron chi connectivity index (χ0n) is 19.3. The van der Waals surface area contributed by atoms with Gasteiger partial charge in [-0.15, -0.1) is 0 Å². The third-order valence-corrected chi connectivity index (χ3v) is 5.91. The summed E-state index contributed by atoms with van der Waals surface area (Å²) in [7, 11) is 0. The number of rotatable bonds is 7. The fraction of sp³-hybridized carbons (Fsp3) is 0.269. The maximum absolute atomic E-state index is 12.9. The van der Waals surface area contributed by atoms with Gasteiger partial charge in [-0.05, 0) is 42.2 Å². The molecule has 1 aliphatic rings. The number of aromatic amines is 1. The van der Waals surface area contributed by atoms with Gasteiger partial charge >= 0.3 is 11.9 Å². The molecular weight excluding hydrogens is 470 g/mol. The summed E-state index contributed by atoms with van der Waals surface area (Å²) in [5.41, 5.74) is 3.96. The highest BCUT2D eigenvalue weighted by Gasteiger charge is 2.26. The number of carbonyl (C=O) groups excluding carboxylic acids is 1. The van der Waals surface area contributed by atoms with Gasteiger partial charge in [0.05, 0.1) is 0 Å². The minimum Gasteiger partial charge on any atom is -0.478 e. The van der Waals surface area contributed by atoms with Crippen molar-refractivity contribution >= 4 is 40.3 Å². The minimum absolute atomic E-state index is 0.0225. The van der Waals surface area contributed by atoms with E-state index in [2.05, 4.69) is 46.4 Å². The van der Waals surface area contributed by atoms with Gasteiger partial charge in [0.15, 0.2) is 0 Å². The zero-order chi connectivity index (χ0) is 25.4. The van der Waals surface area contributed by atoms with Crippen molar-refractivity contribution in [1.29, 1.82) is 0 Å². The SMILES string of the molecule is CCc1c(C(=O)NC2CCN(Cc3ccccc3)C2)[nH]c2ccc(Cl)cc12.O=C(O)/C=C/C(=O)O.